The Bertz CT molecular complexity index is 922. The summed E-state index contributed by atoms with van der Waals surface area (Å²) in [6, 6.07) is 6.14. The normalized spacial score (nSPS) is 18.5. The van der Waals surface area contributed by atoms with Gasteiger partial charge in [-0.25, -0.2) is 13.4 Å². The molecular weight excluding hydrogens is 362 g/mol. The van der Waals surface area contributed by atoms with Gasteiger partial charge in [-0.2, -0.15) is 0 Å². The van der Waals surface area contributed by atoms with E-state index in [0.29, 0.717) is 0 Å². The van der Waals surface area contributed by atoms with Crippen LogP contribution in [0, 0.1) is 0 Å². The summed E-state index contributed by atoms with van der Waals surface area (Å²) in [7, 11) is -2.77. The predicted molar refractivity (Wildman–Crippen MR) is 86.1 cm³/mol. The maximum Gasteiger partial charge on any atom is 0.266 e. The van der Waals surface area contributed by atoms with E-state index in [2.05, 4.69) is 10.3 Å². The van der Waals surface area contributed by atoms with Gasteiger partial charge < -0.3 is 10.4 Å². The van der Waals surface area contributed by atoms with Crippen molar-refractivity contribution < 1.29 is 18.3 Å². The second-order valence-corrected chi connectivity index (χ2v) is 8.20. The molecule has 0 aromatic carbocycles. The molecular formula is C13H10ClN3O4S2. The van der Waals surface area contributed by atoms with Gasteiger partial charge in [0.2, 0.25) is 11.7 Å². The molecule has 0 atom stereocenters. The van der Waals surface area contributed by atoms with Crippen LogP contribution < -0.4 is 5.32 Å². The molecule has 0 unspecified atom stereocenters. The van der Waals surface area contributed by atoms with Crippen LogP contribution in [-0.2, 0) is 10.0 Å². The molecule has 0 fully saturated rings. The number of fused-ring (bicyclic) bond motifs is 1. The molecule has 10 heteroatoms. The van der Waals surface area contributed by atoms with E-state index in [0.717, 1.165) is 15.6 Å². The number of halogens is 1. The largest absolute Gasteiger partial charge is 0.493 e. The second-order valence-electron chi connectivity index (χ2n) is 4.58. The van der Waals surface area contributed by atoms with Crippen LogP contribution in [0.4, 0.5) is 5.82 Å². The smallest absolute Gasteiger partial charge is 0.266 e. The second kappa shape index (κ2) is 5.52. The Morgan fingerprint density at radius 1 is 1.43 bits per heavy atom. The first-order chi connectivity index (χ1) is 10.8. The predicted octanol–water partition coefficient (Wildman–Crippen LogP) is 2.45. The Kier molecular flexibility index (Phi) is 3.78. The number of aliphatic hydroxyl groups excluding tert-OH is 1. The fourth-order valence-electron chi connectivity index (χ4n) is 2.09. The highest BCUT2D eigenvalue weighted by atomic mass is 35.5. The van der Waals surface area contributed by atoms with Crippen molar-refractivity contribution in [3.05, 3.63) is 51.3 Å². The van der Waals surface area contributed by atoms with Crippen molar-refractivity contribution in [2.45, 2.75) is 4.90 Å². The van der Waals surface area contributed by atoms with Crippen molar-refractivity contribution in [1.82, 2.24) is 9.29 Å². The van der Waals surface area contributed by atoms with Crippen molar-refractivity contribution in [2.75, 3.05) is 12.4 Å². The zero-order valence-corrected chi connectivity index (χ0v) is 14.0. The number of aromatic nitrogens is 1. The van der Waals surface area contributed by atoms with Crippen LogP contribution >= 0.6 is 22.9 Å². The van der Waals surface area contributed by atoms with Gasteiger partial charge in [0.1, 0.15) is 10.7 Å². The number of carbonyl (C=O) groups excluding carboxylic acids is 1. The molecule has 1 aliphatic heterocycles. The maximum absolute atomic E-state index is 12.5. The van der Waals surface area contributed by atoms with Gasteiger partial charge in [0, 0.05) is 13.2 Å². The van der Waals surface area contributed by atoms with Gasteiger partial charge in [-0.15, -0.1) is 11.3 Å². The van der Waals surface area contributed by atoms with Crippen molar-refractivity contribution >= 4 is 44.6 Å². The van der Waals surface area contributed by atoms with E-state index in [1.807, 2.05) is 0 Å². The number of thiophene rings is 1. The van der Waals surface area contributed by atoms with Gasteiger partial charge >= 0.3 is 0 Å². The number of pyridine rings is 1. The zero-order chi connectivity index (χ0) is 16.8. The molecule has 0 saturated carbocycles. The number of anilines is 1. The number of nitrogens with one attached hydrogen (secondary N) is 1. The fourth-order valence-corrected chi connectivity index (χ4v) is 5.03. The lowest BCUT2D eigenvalue weighted by atomic mass is 10.2. The van der Waals surface area contributed by atoms with Gasteiger partial charge in [0.25, 0.3) is 10.0 Å². The summed E-state index contributed by atoms with van der Waals surface area (Å²) in [4.78, 5) is 16.3. The summed E-state index contributed by atoms with van der Waals surface area (Å²) in [5.74, 6) is -0.962. The number of rotatable bonds is 2. The van der Waals surface area contributed by atoms with Crippen molar-refractivity contribution in [1.29, 1.82) is 0 Å². The van der Waals surface area contributed by atoms with Crippen LogP contribution in [0.15, 0.2) is 46.9 Å². The molecule has 3 rings (SSSR count). The molecule has 0 amide bonds. The Labute approximate surface area is 140 Å². The molecule has 120 valence electrons. The Morgan fingerprint density at radius 2 is 2.17 bits per heavy atom. The molecule has 0 spiro atoms. The van der Waals surface area contributed by atoms with Crippen LogP contribution in [0.1, 0.15) is 9.67 Å². The minimum Gasteiger partial charge on any atom is -0.493 e. The molecule has 0 saturated heterocycles. The van der Waals surface area contributed by atoms with Crippen LogP contribution in [0.2, 0.25) is 4.34 Å². The van der Waals surface area contributed by atoms with Crippen molar-refractivity contribution in [2.24, 2.45) is 0 Å². The van der Waals surface area contributed by atoms with E-state index in [9.17, 15) is 18.3 Å². The molecule has 23 heavy (non-hydrogen) atoms. The third-order valence-electron chi connectivity index (χ3n) is 3.18. The lowest BCUT2D eigenvalue weighted by molar-refractivity contribution is 0.100. The molecule has 3 heterocycles. The first-order valence-corrected chi connectivity index (χ1v) is 8.90. The van der Waals surface area contributed by atoms with Crippen molar-refractivity contribution in [3.63, 3.8) is 0 Å². The number of nitrogens with zero attached hydrogens (tertiary/aromatic N) is 2. The molecule has 7 nitrogen and oxygen atoms in total. The fraction of sp³-hybridized carbons (Fsp3) is 0.0769. The van der Waals surface area contributed by atoms with Crippen molar-refractivity contribution in [3.8, 4) is 0 Å². The average Bonchev–Trinajstić information content (AvgIpc) is 2.90. The lowest BCUT2D eigenvalue weighted by Gasteiger charge is -2.26. The standard InChI is InChI=1S/C13H10ClN3O4S2/c1-17-10(13(19)16-9-4-2-3-5-15-9)11(18)12-7(23(17,20)21)6-8(14)22-12/h2-6,19H,1H3,(H,15,16)/b13-10+. The summed E-state index contributed by atoms with van der Waals surface area (Å²) in [5, 5.41) is 12.7. The first kappa shape index (κ1) is 15.8. The monoisotopic (exact) mass is 371 g/mol. The van der Waals surface area contributed by atoms with Gasteiger partial charge in [-0.3, -0.25) is 9.10 Å². The molecule has 2 aromatic heterocycles. The van der Waals surface area contributed by atoms with Gasteiger partial charge in [-0.05, 0) is 18.2 Å². The molecule has 2 N–H and O–H groups in total. The van der Waals surface area contributed by atoms with Crippen LogP contribution in [0.5, 0.6) is 0 Å². The minimum atomic E-state index is -3.96. The van der Waals surface area contributed by atoms with Crippen LogP contribution in [0.25, 0.3) is 0 Å². The summed E-state index contributed by atoms with van der Waals surface area (Å²) in [5.41, 5.74) is -0.387. The number of hydrogen-bond donors (Lipinski definition) is 2. The Morgan fingerprint density at radius 3 is 2.83 bits per heavy atom. The van der Waals surface area contributed by atoms with Crippen LogP contribution in [-0.4, -0.2) is 35.6 Å². The quantitative estimate of drug-likeness (QED) is 0.621. The number of allylic oxidation sites excluding steroid dienone is 1. The summed E-state index contributed by atoms with van der Waals surface area (Å²) in [6.45, 7) is 0. The van der Waals surface area contributed by atoms with E-state index in [4.69, 9.17) is 11.6 Å². The third-order valence-corrected chi connectivity index (χ3v) is 6.35. The lowest BCUT2D eigenvalue weighted by Crippen LogP contribution is -2.37. The average molecular weight is 372 g/mol. The van der Waals surface area contributed by atoms with E-state index in [1.165, 1.54) is 19.3 Å². The summed E-state index contributed by atoms with van der Waals surface area (Å²) < 4.78 is 25.8. The summed E-state index contributed by atoms with van der Waals surface area (Å²) in [6.07, 6.45) is 1.49. The molecule has 2 aromatic rings. The summed E-state index contributed by atoms with van der Waals surface area (Å²) >= 11 is 6.68. The number of likely N-dealkylation sites (N-methyl/N-ethyl adjacent to an activating group) is 1. The highest BCUT2D eigenvalue weighted by Gasteiger charge is 2.41. The maximum atomic E-state index is 12.5. The Balaban J connectivity index is 2.13. The highest BCUT2D eigenvalue weighted by molar-refractivity contribution is 7.89. The number of aliphatic hydroxyl groups is 1. The number of Topliss-reactive ketones (excluding diaryl/α,β-unsaturated/α-hetero) is 1. The Hall–Kier alpha value is -2.10. The van der Waals surface area contributed by atoms with Gasteiger partial charge in [0.05, 0.1) is 9.21 Å². The van der Waals surface area contributed by atoms with Gasteiger partial charge in [0.15, 0.2) is 5.70 Å². The van der Waals surface area contributed by atoms with E-state index in [-0.39, 0.29) is 25.6 Å². The van der Waals surface area contributed by atoms with E-state index >= 15 is 0 Å². The highest BCUT2D eigenvalue weighted by Crippen LogP contribution is 2.39. The number of carbonyl (C=O) groups is 1. The molecule has 0 radical (unpaired) electrons. The number of hydrogen-bond acceptors (Lipinski definition) is 7. The molecule has 0 aliphatic carbocycles. The zero-order valence-electron chi connectivity index (χ0n) is 11.6. The molecule has 0 bridgehead atoms. The van der Waals surface area contributed by atoms with Crippen LogP contribution in [0.3, 0.4) is 0 Å². The number of ketones is 1. The third kappa shape index (κ3) is 2.56. The topological polar surface area (TPSA) is 99.6 Å². The van der Waals surface area contributed by atoms with Gasteiger partial charge in [-0.1, -0.05) is 17.7 Å². The first-order valence-electron chi connectivity index (χ1n) is 6.26. The van der Waals surface area contributed by atoms with E-state index < -0.39 is 21.7 Å². The SMILES string of the molecule is CN1/C(=C(/O)Nc2ccccn2)C(=O)c2sc(Cl)cc2S1(=O)=O. The molecule has 1 aliphatic rings. The minimum absolute atomic E-state index is 0.0301. The van der Waals surface area contributed by atoms with E-state index in [1.54, 1.807) is 18.2 Å². The number of sulfonamides is 1.